The molecule has 0 fully saturated rings. The summed E-state index contributed by atoms with van der Waals surface area (Å²) in [6, 6.07) is 13.9. The molecule has 36 heavy (non-hydrogen) atoms. The van der Waals surface area contributed by atoms with Crippen LogP contribution in [0.25, 0.3) is 0 Å². The van der Waals surface area contributed by atoms with Crippen molar-refractivity contribution in [2.24, 2.45) is 5.84 Å². The molecule has 3 aromatic rings. The number of nitrogens with zero attached hydrogens (tertiary/aromatic N) is 4. The second-order valence-electron chi connectivity index (χ2n) is 8.85. The number of ether oxygens (including phenoxy) is 2. The SMILES string of the molecule is COC(C)(C)C#Cc1ccc2c(c1)N(C)C(=O)[C@@H](N(N)C(=O)c1n[nH]c(Cc3ccccc3)n1)CO2. The fourth-order valence-corrected chi connectivity index (χ4v) is 3.55. The number of nitrogens with two attached hydrogens (primary N) is 1. The normalized spacial score (nSPS) is 15.3. The Kier molecular flexibility index (Phi) is 7.05. The van der Waals surface area contributed by atoms with Crippen molar-refractivity contribution >= 4 is 17.5 Å². The van der Waals surface area contributed by atoms with Crippen molar-refractivity contribution in [3.63, 3.8) is 0 Å². The number of hydrogen-bond donors (Lipinski definition) is 2. The summed E-state index contributed by atoms with van der Waals surface area (Å²) in [5, 5.41) is 7.58. The predicted octanol–water partition coefficient (Wildman–Crippen LogP) is 1.91. The predicted molar refractivity (Wildman–Crippen MR) is 133 cm³/mol. The van der Waals surface area contributed by atoms with Crippen molar-refractivity contribution in [3.05, 3.63) is 71.3 Å². The molecule has 0 aliphatic carbocycles. The number of methoxy groups -OCH3 is 1. The highest BCUT2D eigenvalue weighted by Crippen LogP contribution is 2.32. The maximum Gasteiger partial charge on any atom is 0.308 e. The number of carbonyl (C=O) groups is 2. The minimum absolute atomic E-state index is 0.124. The highest BCUT2D eigenvalue weighted by atomic mass is 16.5. The van der Waals surface area contributed by atoms with E-state index in [4.69, 9.17) is 15.3 Å². The molecule has 3 N–H and O–H groups in total. The number of anilines is 1. The van der Waals surface area contributed by atoms with Crippen LogP contribution >= 0.6 is 0 Å². The molecule has 1 atom stereocenters. The average Bonchev–Trinajstić information content (AvgIpc) is 3.31. The molecule has 1 aromatic heterocycles. The van der Waals surface area contributed by atoms with Crippen molar-refractivity contribution in [3.8, 4) is 17.6 Å². The van der Waals surface area contributed by atoms with Gasteiger partial charge >= 0.3 is 5.91 Å². The van der Waals surface area contributed by atoms with Crippen molar-refractivity contribution in [1.29, 1.82) is 0 Å². The van der Waals surface area contributed by atoms with Gasteiger partial charge in [0.15, 0.2) is 6.04 Å². The van der Waals surface area contributed by atoms with E-state index >= 15 is 0 Å². The Bertz CT molecular complexity index is 1320. The summed E-state index contributed by atoms with van der Waals surface area (Å²) in [4.78, 5) is 31.9. The molecule has 0 radical (unpaired) electrons. The number of H-pyrrole nitrogens is 1. The topological polar surface area (TPSA) is 127 Å². The quantitative estimate of drug-likeness (QED) is 0.243. The molecule has 10 nitrogen and oxygen atoms in total. The number of aromatic amines is 1. The Morgan fingerprint density at radius 2 is 2.06 bits per heavy atom. The van der Waals surface area contributed by atoms with Crippen LogP contribution in [0.5, 0.6) is 5.75 Å². The minimum atomic E-state index is -1.08. The van der Waals surface area contributed by atoms with Gasteiger partial charge in [0.25, 0.3) is 5.91 Å². The summed E-state index contributed by atoms with van der Waals surface area (Å²) >= 11 is 0. The highest BCUT2D eigenvalue weighted by Gasteiger charge is 2.36. The van der Waals surface area contributed by atoms with Gasteiger partial charge < -0.3 is 14.4 Å². The van der Waals surface area contributed by atoms with E-state index in [0.29, 0.717) is 29.2 Å². The lowest BCUT2D eigenvalue weighted by molar-refractivity contribution is -0.123. The molecule has 0 unspecified atom stereocenters. The fourth-order valence-electron chi connectivity index (χ4n) is 3.55. The molecule has 0 saturated carbocycles. The van der Waals surface area contributed by atoms with Gasteiger partial charge in [0, 0.05) is 26.1 Å². The lowest BCUT2D eigenvalue weighted by Crippen LogP contribution is -2.55. The van der Waals surface area contributed by atoms with Gasteiger partial charge in [-0.15, -0.1) is 5.10 Å². The van der Waals surface area contributed by atoms with E-state index in [0.717, 1.165) is 10.6 Å². The molecule has 0 saturated heterocycles. The van der Waals surface area contributed by atoms with Crippen LogP contribution in [0.3, 0.4) is 0 Å². The molecular weight excluding hydrogens is 460 g/mol. The third kappa shape index (κ3) is 5.38. The second-order valence-corrected chi connectivity index (χ2v) is 8.85. The first-order valence-electron chi connectivity index (χ1n) is 11.3. The first kappa shape index (κ1) is 24.9. The highest BCUT2D eigenvalue weighted by molar-refractivity contribution is 6.02. The van der Waals surface area contributed by atoms with E-state index in [1.165, 1.54) is 4.90 Å². The molecule has 4 rings (SSSR count). The Morgan fingerprint density at radius 1 is 1.31 bits per heavy atom. The number of aromatic nitrogens is 3. The summed E-state index contributed by atoms with van der Waals surface area (Å²) in [5.74, 6) is 12.0. The number of amides is 2. The third-order valence-corrected chi connectivity index (χ3v) is 5.86. The van der Waals surface area contributed by atoms with Crippen LogP contribution in [-0.2, 0) is 16.0 Å². The van der Waals surface area contributed by atoms with Gasteiger partial charge in [-0.25, -0.2) is 10.8 Å². The van der Waals surface area contributed by atoms with Crippen LogP contribution in [0.4, 0.5) is 5.69 Å². The van der Waals surface area contributed by atoms with Crippen molar-refractivity contribution in [2.45, 2.75) is 31.9 Å². The lowest BCUT2D eigenvalue weighted by atomic mass is 10.1. The van der Waals surface area contributed by atoms with Gasteiger partial charge in [-0.05, 0) is 37.6 Å². The van der Waals surface area contributed by atoms with Crippen LogP contribution in [-0.4, -0.2) is 64.4 Å². The Morgan fingerprint density at radius 3 is 2.78 bits per heavy atom. The molecule has 0 bridgehead atoms. The van der Waals surface area contributed by atoms with Crippen LogP contribution in [0.2, 0.25) is 0 Å². The van der Waals surface area contributed by atoms with Crippen LogP contribution < -0.4 is 15.5 Å². The summed E-state index contributed by atoms with van der Waals surface area (Å²) in [5.41, 5.74) is 1.61. The Labute approximate surface area is 209 Å². The van der Waals surface area contributed by atoms with Gasteiger partial charge in [0.05, 0.1) is 5.69 Å². The van der Waals surface area contributed by atoms with Crippen LogP contribution in [0.15, 0.2) is 48.5 Å². The van der Waals surface area contributed by atoms with Crippen LogP contribution in [0, 0.1) is 11.8 Å². The van der Waals surface area contributed by atoms with E-state index in [-0.39, 0.29) is 12.4 Å². The maximum absolute atomic E-state index is 13.3. The van der Waals surface area contributed by atoms with E-state index < -0.39 is 23.5 Å². The summed E-state index contributed by atoms with van der Waals surface area (Å²) in [6.45, 7) is 3.60. The largest absolute Gasteiger partial charge is 0.489 e. The minimum Gasteiger partial charge on any atom is -0.489 e. The zero-order chi connectivity index (χ0) is 25.9. The smallest absolute Gasteiger partial charge is 0.308 e. The van der Waals surface area contributed by atoms with Gasteiger partial charge in [-0.2, -0.15) is 0 Å². The molecule has 2 heterocycles. The zero-order valence-corrected chi connectivity index (χ0v) is 20.6. The number of carbonyl (C=O) groups excluding carboxylic acids is 2. The molecule has 1 aliphatic rings. The Balaban J connectivity index is 1.50. The molecular formula is C26H28N6O4. The first-order valence-corrected chi connectivity index (χ1v) is 11.3. The summed E-state index contributed by atoms with van der Waals surface area (Å²) in [6.07, 6.45) is 0.474. The van der Waals surface area contributed by atoms with Gasteiger partial charge in [-0.1, -0.05) is 42.2 Å². The van der Waals surface area contributed by atoms with Gasteiger partial charge in [0.1, 0.15) is 23.8 Å². The van der Waals surface area contributed by atoms with Crippen LogP contribution in [0.1, 0.15) is 41.4 Å². The number of hydrogen-bond acceptors (Lipinski definition) is 7. The molecule has 10 heteroatoms. The fraction of sp³-hybridized carbons (Fsp3) is 0.308. The molecule has 0 spiro atoms. The van der Waals surface area contributed by atoms with E-state index in [1.807, 2.05) is 44.2 Å². The van der Waals surface area contributed by atoms with Gasteiger partial charge in [-0.3, -0.25) is 19.7 Å². The molecule has 186 valence electrons. The second kappa shape index (κ2) is 10.2. The number of fused-ring (bicyclic) bond motifs is 1. The Hall–Kier alpha value is -4.20. The lowest BCUT2D eigenvalue weighted by Gasteiger charge is -2.26. The number of hydrazine groups is 1. The first-order chi connectivity index (χ1) is 17.2. The standard InChI is InChI=1S/C26H28N6O4/c1-26(2,35-4)13-12-18-10-11-21-19(14-18)31(3)24(33)20(16-36-21)32(27)25(34)23-28-22(29-30-23)15-17-8-6-5-7-9-17/h5-11,14,20H,15-16,27H2,1-4H3,(H,28,29,30)/t20-/m0/s1. The maximum atomic E-state index is 13.3. The van der Waals surface area contributed by atoms with E-state index in [1.54, 1.807) is 32.4 Å². The molecule has 1 aliphatic heterocycles. The zero-order valence-electron chi connectivity index (χ0n) is 20.6. The van der Waals surface area contributed by atoms with E-state index in [9.17, 15) is 9.59 Å². The van der Waals surface area contributed by atoms with Crippen molar-refractivity contribution in [2.75, 3.05) is 25.7 Å². The summed E-state index contributed by atoms with van der Waals surface area (Å²) < 4.78 is 11.2. The summed E-state index contributed by atoms with van der Waals surface area (Å²) in [7, 11) is 3.19. The number of rotatable bonds is 5. The van der Waals surface area contributed by atoms with Crippen molar-refractivity contribution < 1.29 is 19.1 Å². The number of likely N-dealkylation sites (N-methyl/N-ethyl adjacent to an activating group) is 1. The molecule has 2 aromatic carbocycles. The average molecular weight is 489 g/mol. The van der Waals surface area contributed by atoms with E-state index in [2.05, 4.69) is 27.0 Å². The third-order valence-electron chi connectivity index (χ3n) is 5.86. The van der Waals surface area contributed by atoms with Crippen molar-refractivity contribution in [1.82, 2.24) is 20.2 Å². The molecule has 2 amide bonds. The monoisotopic (exact) mass is 488 g/mol. The number of benzene rings is 2. The number of nitrogens with one attached hydrogen (secondary N) is 1. The van der Waals surface area contributed by atoms with Gasteiger partial charge in [0.2, 0.25) is 5.82 Å².